The zero-order chi connectivity index (χ0) is 13.9. The summed E-state index contributed by atoms with van der Waals surface area (Å²) in [7, 11) is -3.18. The van der Waals surface area contributed by atoms with E-state index in [2.05, 4.69) is 4.98 Å². The van der Waals surface area contributed by atoms with Gasteiger partial charge in [-0.25, -0.2) is 8.42 Å². The van der Waals surface area contributed by atoms with E-state index in [4.69, 9.17) is 10.5 Å². The zero-order valence-corrected chi connectivity index (χ0v) is 11.9. The molecule has 0 aliphatic rings. The van der Waals surface area contributed by atoms with E-state index in [-0.39, 0.29) is 6.10 Å². The van der Waals surface area contributed by atoms with Gasteiger partial charge in [-0.2, -0.15) is 0 Å². The van der Waals surface area contributed by atoms with Gasteiger partial charge >= 0.3 is 0 Å². The number of hydrogen-bond acceptors (Lipinski definition) is 5. The predicted octanol–water partition coefficient (Wildman–Crippen LogP) is 1.30. The number of nitrogens with zero attached hydrogens (tertiary/aromatic N) is 1. The molecule has 0 bridgehead atoms. The fourth-order valence-corrected chi connectivity index (χ4v) is 2.18. The van der Waals surface area contributed by atoms with Crippen LogP contribution in [0.3, 0.4) is 0 Å². The van der Waals surface area contributed by atoms with Crippen LogP contribution in [-0.4, -0.2) is 31.0 Å². The van der Waals surface area contributed by atoms with E-state index in [1.54, 1.807) is 25.4 Å². The Morgan fingerprint density at radius 1 is 1.28 bits per heavy atom. The van der Waals surface area contributed by atoms with Gasteiger partial charge in [0.1, 0.15) is 5.75 Å². The van der Waals surface area contributed by atoms with Crippen molar-refractivity contribution in [3.8, 4) is 5.75 Å². The number of hydrogen-bond donors (Lipinski definition) is 1. The highest BCUT2D eigenvalue weighted by Gasteiger charge is 2.24. The molecule has 0 aromatic carbocycles. The van der Waals surface area contributed by atoms with Gasteiger partial charge in [0, 0.05) is 18.5 Å². The predicted molar refractivity (Wildman–Crippen MR) is 71.2 cm³/mol. The molecule has 0 saturated heterocycles. The van der Waals surface area contributed by atoms with Crippen molar-refractivity contribution in [1.29, 1.82) is 0 Å². The average molecular weight is 272 g/mol. The lowest BCUT2D eigenvalue weighted by molar-refractivity contribution is 0.241. The molecule has 2 atom stereocenters. The summed E-state index contributed by atoms with van der Waals surface area (Å²) in [6.45, 7) is 5.41. The molecule has 1 heterocycles. The van der Waals surface area contributed by atoms with Gasteiger partial charge in [-0.15, -0.1) is 0 Å². The number of aromatic nitrogens is 1. The lowest BCUT2D eigenvalue weighted by Crippen LogP contribution is -2.30. The zero-order valence-electron chi connectivity index (χ0n) is 11.1. The highest BCUT2D eigenvalue weighted by Crippen LogP contribution is 2.22. The molecule has 2 N–H and O–H groups in total. The largest absolute Gasteiger partial charge is 0.489 e. The Labute approximate surface area is 108 Å². The maximum Gasteiger partial charge on any atom is 0.151 e. The van der Waals surface area contributed by atoms with Crippen LogP contribution in [-0.2, 0) is 9.84 Å². The molecule has 102 valence electrons. The van der Waals surface area contributed by atoms with Gasteiger partial charge in [0.2, 0.25) is 0 Å². The molecule has 0 aliphatic heterocycles. The summed E-state index contributed by atoms with van der Waals surface area (Å²) in [6, 6.07) is 1.13. The second kappa shape index (κ2) is 5.67. The fourth-order valence-electron chi connectivity index (χ4n) is 1.49. The Balaban J connectivity index is 2.96. The second-order valence-electron chi connectivity index (χ2n) is 4.68. The van der Waals surface area contributed by atoms with E-state index >= 15 is 0 Å². The van der Waals surface area contributed by atoms with E-state index in [1.807, 2.05) is 13.8 Å². The highest BCUT2D eigenvalue weighted by molar-refractivity contribution is 7.91. The summed E-state index contributed by atoms with van der Waals surface area (Å²) < 4.78 is 28.5. The fraction of sp³-hybridized carbons (Fsp3) is 0.583. The standard InChI is InChI=1S/C12H20N2O3S/c1-8(2)17-11-5-10(6-14-7-11)12(13)9(3)18(4,15)16/h5-9,12H,13H2,1-4H3. The van der Waals surface area contributed by atoms with E-state index in [0.717, 1.165) is 0 Å². The average Bonchev–Trinajstić information content (AvgIpc) is 2.25. The summed E-state index contributed by atoms with van der Waals surface area (Å²) in [5, 5.41) is -0.659. The Hall–Kier alpha value is -1.14. The van der Waals surface area contributed by atoms with Crippen molar-refractivity contribution >= 4 is 9.84 Å². The summed E-state index contributed by atoms with van der Waals surface area (Å²) in [4.78, 5) is 4.02. The third-order valence-electron chi connectivity index (χ3n) is 2.67. The molecule has 0 amide bonds. The summed E-state index contributed by atoms with van der Waals surface area (Å²) >= 11 is 0. The number of sulfone groups is 1. The molecule has 0 fully saturated rings. The molecule has 0 aliphatic carbocycles. The quantitative estimate of drug-likeness (QED) is 0.873. The molecule has 18 heavy (non-hydrogen) atoms. The van der Waals surface area contributed by atoms with Crippen LogP contribution in [0.25, 0.3) is 0 Å². The van der Waals surface area contributed by atoms with Crippen molar-refractivity contribution in [3.05, 3.63) is 24.0 Å². The lowest BCUT2D eigenvalue weighted by atomic mass is 10.1. The van der Waals surface area contributed by atoms with Crippen molar-refractivity contribution in [2.45, 2.75) is 38.2 Å². The monoisotopic (exact) mass is 272 g/mol. The topological polar surface area (TPSA) is 82.3 Å². The first-order valence-electron chi connectivity index (χ1n) is 5.78. The van der Waals surface area contributed by atoms with Crippen molar-refractivity contribution in [3.63, 3.8) is 0 Å². The Kier molecular flexibility index (Phi) is 4.70. The van der Waals surface area contributed by atoms with Crippen molar-refractivity contribution in [1.82, 2.24) is 4.98 Å². The highest BCUT2D eigenvalue weighted by atomic mass is 32.2. The van der Waals surface area contributed by atoms with Crippen molar-refractivity contribution < 1.29 is 13.2 Å². The third kappa shape index (κ3) is 3.96. The third-order valence-corrected chi connectivity index (χ3v) is 4.32. The van der Waals surface area contributed by atoms with Crippen LogP contribution in [0.4, 0.5) is 0 Å². The molecule has 1 aromatic rings. The van der Waals surface area contributed by atoms with Gasteiger partial charge in [0.05, 0.1) is 17.6 Å². The van der Waals surface area contributed by atoms with Crippen molar-refractivity contribution in [2.24, 2.45) is 5.73 Å². The smallest absolute Gasteiger partial charge is 0.151 e. The Morgan fingerprint density at radius 3 is 2.39 bits per heavy atom. The van der Waals surface area contributed by atoms with E-state index in [1.165, 1.54) is 6.26 Å². The van der Waals surface area contributed by atoms with Crippen LogP contribution in [0.2, 0.25) is 0 Å². The van der Waals surface area contributed by atoms with Crippen LogP contribution in [0.15, 0.2) is 18.5 Å². The Morgan fingerprint density at radius 2 is 1.89 bits per heavy atom. The van der Waals surface area contributed by atoms with E-state index in [0.29, 0.717) is 11.3 Å². The van der Waals surface area contributed by atoms with Gasteiger partial charge in [0.15, 0.2) is 9.84 Å². The molecular weight excluding hydrogens is 252 g/mol. The summed E-state index contributed by atoms with van der Waals surface area (Å²) in [5.74, 6) is 0.596. The minimum Gasteiger partial charge on any atom is -0.489 e. The minimum absolute atomic E-state index is 0.0330. The molecule has 6 heteroatoms. The van der Waals surface area contributed by atoms with Crippen LogP contribution < -0.4 is 10.5 Å². The molecule has 1 rings (SSSR count). The molecule has 2 unspecified atom stereocenters. The van der Waals surface area contributed by atoms with Gasteiger partial charge in [-0.05, 0) is 32.4 Å². The molecule has 0 radical (unpaired) electrons. The first-order valence-corrected chi connectivity index (χ1v) is 7.73. The number of rotatable bonds is 5. The van der Waals surface area contributed by atoms with Crippen LogP contribution in [0.1, 0.15) is 32.4 Å². The molecule has 5 nitrogen and oxygen atoms in total. The number of nitrogens with two attached hydrogens (primary N) is 1. The van der Waals surface area contributed by atoms with E-state index in [9.17, 15) is 8.42 Å². The number of pyridine rings is 1. The second-order valence-corrected chi connectivity index (χ2v) is 7.08. The van der Waals surface area contributed by atoms with Gasteiger partial charge in [-0.1, -0.05) is 0 Å². The first-order chi connectivity index (χ1) is 8.21. The molecule has 1 aromatic heterocycles. The van der Waals surface area contributed by atoms with Crippen LogP contribution in [0.5, 0.6) is 5.75 Å². The summed E-state index contributed by atoms with van der Waals surface area (Å²) in [5.41, 5.74) is 6.61. The van der Waals surface area contributed by atoms with Gasteiger partial charge in [0.25, 0.3) is 0 Å². The minimum atomic E-state index is -3.18. The molecular formula is C12H20N2O3S. The van der Waals surface area contributed by atoms with Gasteiger partial charge < -0.3 is 10.5 Å². The van der Waals surface area contributed by atoms with E-state index < -0.39 is 21.1 Å². The Bertz CT molecular complexity index is 500. The normalized spacial score (nSPS) is 15.4. The molecule has 0 spiro atoms. The maximum absolute atomic E-state index is 11.5. The number of ether oxygens (including phenoxy) is 1. The lowest BCUT2D eigenvalue weighted by Gasteiger charge is -2.19. The maximum atomic E-state index is 11.5. The van der Waals surface area contributed by atoms with Crippen molar-refractivity contribution in [2.75, 3.05) is 6.26 Å². The van der Waals surface area contributed by atoms with Gasteiger partial charge in [-0.3, -0.25) is 4.98 Å². The van der Waals surface area contributed by atoms with Crippen LogP contribution >= 0.6 is 0 Å². The molecule has 0 saturated carbocycles. The van der Waals surface area contributed by atoms with Crippen LogP contribution in [0, 0.1) is 0 Å². The summed E-state index contributed by atoms with van der Waals surface area (Å²) in [6.07, 6.45) is 4.37. The first kappa shape index (κ1) is 14.9. The SMILES string of the molecule is CC(C)Oc1cncc(C(N)C(C)S(C)(=O)=O)c1.